The normalized spacial score (nSPS) is 8.46. The standard InChI is InChI=1S/C8H10O.HNO3/c1-7-3-2-4-8(5-7)6-9;2-1(3)4/h2-5,9H,6H2,1H3;(H,2,3,4). The average Bonchev–Trinajstić information content (AvgIpc) is 2.03. The van der Waals surface area contributed by atoms with E-state index in [0.717, 1.165) is 5.56 Å². The number of aryl methyl sites for hydroxylation is 1. The van der Waals surface area contributed by atoms with Crippen LogP contribution in [0.4, 0.5) is 0 Å². The lowest BCUT2D eigenvalue weighted by Gasteiger charge is -1.94. The van der Waals surface area contributed by atoms with E-state index in [1.807, 2.05) is 31.2 Å². The van der Waals surface area contributed by atoms with E-state index in [1.165, 1.54) is 5.56 Å². The van der Waals surface area contributed by atoms with E-state index in [9.17, 15) is 0 Å². The van der Waals surface area contributed by atoms with Gasteiger partial charge in [0.1, 0.15) is 0 Å². The second-order valence-corrected chi connectivity index (χ2v) is 2.39. The van der Waals surface area contributed by atoms with Crippen molar-refractivity contribution in [3.63, 3.8) is 0 Å². The molecule has 0 saturated carbocycles. The maximum absolute atomic E-state index is 8.66. The van der Waals surface area contributed by atoms with Crippen molar-refractivity contribution >= 4 is 0 Å². The molecule has 0 heterocycles. The van der Waals surface area contributed by atoms with E-state index in [-0.39, 0.29) is 6.61 Å². The fraction of sp³-hybridized carbons (Fsp3) is 0.250. The molecule has 0 aliphatic heterocycles. The van der Waals surface area contributed by atoms with Crippen LogP contribution in [0.3, 0.4) is 0 Å². The van der Waals surface area contributed by atoms with Crippen LogP contribution in [0.5, 0.6) is 0 Å². The number of hydrogen-bond donors (Lipinski definition) is 2. The predicted molar refractivity (Wildman–Crippen MR) is 45.9 cm³/mol. The van der Waals surface area contributed by atoms with Gasteiger partial charge in [0.15, 0.2) is 0 Å². The molecule has 0 spiro atoms. The summed E-state index contributed by atoms with van der Waals surface area (Å²) in [6.07, 6.45) is 0. The molecule has 0 saturated heterocycles. The lowest BCUT2D eigenvalue weighted by molar-refractivity contribution is -0.742. The third kappa shape index (κ3) is 6.77. The molecule has 1 rings (SSSR count). The van der Waals surface area contributed by atoms with Crippen molar-refractivity contribution < 1.29 is 15.4 Å². The van der Waals surface area contributed by atoms with E-state index in [1.54, 1.807) is 0 Å². The highest BCUT2D eigenvalue weighted by Gasteiger charge is 1.86. The predicted octanol–water partition coefficient (Wildman–Crippen LogP) is 1.14. The molecule has 0 radical (unpaired) electrons. The van der Waals surface area contributed by atoms with Crippen LogP contribution in [-0.2, 0) is 6.61 Å². The van der Waals surface area contributed by atoms with E-state index < -0.39 is 5.09 Å². The molecule has 0 aliphatic rings. The van der Waals surface area contributed by atoms with Gasteiger partial charge in [0.25, 0.3) is 5.09 Å². The van der Waals surface area contributed by atoms with Crippen LogP contribution in [0.15, 0.2) is 24.3 Å². The highest BCUT2D eigenvalue weighted by molar-refractivity contribution is 5.21. The Morgan fingerprint density at radius 1 is 1.54 bits per heavy atom. The largest absolute Gasteiger partial charge is 0.392 e. The highest BCUT2D eigenvalue weighted by Crippen LogP contribution is 2.02. The summed E-state index contributed by atoms with van der Waals surface area (Å²) >= 11 is 0. The zero-order valence-corrected chi connectivity index (χ0v) is 7.17. The molecule has 0 atom stereocenters. The third-order valence-corrected chi connectivity index (χ3v) is 1.27. The molecule has 1 aromatic rings. The van der Waals surface area contributed by atoms with Crippen molar-refractivity contribution in [3.05, 3.63) is 45.5 Å². The number of rotatable bonds is 1. The summed E-state index contributed by atoms with van der Waals surface area (Å²) in [6.45, 7) is 2.15. The van der Waals surface area contributed by atoms with Gasteiger partial charge in [-0.05, 0) is 12.5 Å². The fourth-order valence-electron chi connectivity index (χ4n) is 0.810. The summed E-state index contributed by atoms with van der Waals surface area (Å²) in [7, 11) is 0. The molecule has 2 N–H and O–H groups in total. The summed E-state index contributed by atoms with van der Waals surface area (Å²) in [6, 6.07) is 7.84. The zero-order chi connectivity index (χ0) is 10.3. The van der Waals surface area contributed by atoms with Crippen molar-refractivity contribution in [3.8, 4) is 0 Å². The van der Waals surface area contributed by atoms with Gasteiger partial charge in [-0.15, -0.1) is 10.1 Å². The molecule has 0 amide bonds. The van der Waals surface area contributed by atoms with Gasteiger partial charge in [-0.1, -0.05) is 29.8 Å². The number of benzene rings is 1. The monoisotopic (exact) mass is 185 g/mol. The Bertz CT molecular complexity index is 271. The van der Waals surface area contributed by atoms with Crippen molar-refractivity contribution in [1.29, 1.82) is 0 Å². The topological polar surface area (TPSA) is 83.6 Å². The second kappa shape index (κ2) is 5.96. The number of hydrogen-bond acceptors (Lipinski definition) is 3. The molecule has 13 heavy (non-hydrogen) atoms. The van der Waals surface area contributed by atoms with Gasteiger partial charge in [0.2, 0.25) is 0 Å². The Kier molecular flexibility index (Phi) is 5.22. The van der Waals surface area contributed by atoms with Gasteiger partial charge in [0.05, 0.1) is 6.61 Å². The summed E-state index contributed by atoms with van der Waals surface area (Å²) in [5.41, 5.74) is 2.18. The van der Waals surface area contributed by atoms with Crippen LogP contribution in [0.25, 0.3) is 0 Å². The Morgan fingerprint density at radius 3 is 2.38 bits per heavy atom. The van der Waals surface area contributed by atoms with Crippen molar-refractivity contribution in [2.75, 3.05) is 0 Å². The summed E-state index contributed by atoms with van der Waals surface area (Å²) in [5.74, 6) is 0. The lowest BCUT2D eigenvalue weighted by atomic mass is 10.1. The van der Waals surface area contributed by atoms with Crippen LogP contribution in [-0.4, -0.2) is 15.4 Å². The maximum atomic E-state index is 8.66. The minimum Gasteiger partial charge on any atom is -0.392 e. The van der Waals surface area contributed by atoms with Crippen molar-refractivity contribution in [2.24, 2.45) is 0 Å². The van der Waals surface area contributed by atoms with Crippen LogP contribution >= 0.6 is 0 Å². The van der Waals surface area contributed by atoms with Crippen LogP contribution in [0.1, 0.15) is 11.1 Å². The van der Waals surface area contributed by atoms with Gasteiger partial charge in [0, 0.05) is 0 Å². The highest BCUT2D eigenvalue weighted by atomic mass is 16.9. The first kappa shape index (κ1) is 11.4. The minimum atomic E-state index is -1.50. The Hall–Kier alpha value is -1.62. The first-order valence-electron chi connectivity index (χ1n) is 3.56. The zero-order valence-electron chi connectivity index (χ0n) is 7.17. The SMILES string of the molecule is Cc1cccc(CO)c1.O=[N+]([O-])O. The van der Waals surface area contributed by atoms with E-state index in [4.69, 9.17) is 20.4 Å². The van der Waals surface area contributed by atoms with E-state index in [0.29, 0.717) is 0 Å². The first-order chi connectivity index (χ1) is 6.06. The molecule has 0 fully saturated rings. The quantitative estimate of drug-likeness (QED) is 0.507. The summed E-state index contributed by atoms with van der Waals surface area (Å²) in [5, 5.41) is 22.3. The van der Waals surface area contributed by atoms with E-state index in [2.05, 4.69) is 0 Å². The molecule has 0 unspecified atom stereocenters. The first-order valence-corrected chi connectivity index (χ1v) is 3.56. The maximum Gasteiger partial charge on any atom is 0.291 e. The molecule has 0 aliphatic carbocycles. The third-order valence-electron chi connectivity index (χ3n) is 1.27. The fourth-order valence-corrected chi connectivity index (χ4v) is 0.810. The molecule has 0 aromatic heterocycles. The van der Waals surface area contributed by atoms with Gasteiger partial charge >= 0.3 is 0 Å². The Labute approximate surface area is 75.4 Å². The average molecular weight is 185 g/mol. The van der Waals surface area contributed by atoms with Gasteiger partial charge in [-0.25, -0.2) is 0 Å². The van der Waals surface area contributed by atoms with Gasteiger partial charge in [-0.2, -0.15) is 0 Å². The molecule has 72 valence electrons. The lowest BCUT2D eigenvalue weighted by Crippen LogP contribution is -1.81. The van der Waals surface area contributed by atoms with Crippen LogP contribution < -0.4 is 0 Å². The molecule has 5 heteroatoms. The molecule has 0 bridgehead atoms. The molecule has 1 aromatic carbocycles. The van der Waals surface area contributed by atoms with Crippen molar-refractivity contribution in [1.82, 2.24) is 0 Å². The van der Waals surface area contributed by atoms with Gasteiger partial charge < -0.3 is 10.3 Å². The Balaban J connectivity index is 0.000000310. The van der Waals surface area contributed by atoms with Gasteiger partial charge in [-0.3, -0.25) is 0 Å². The van der Waals surface area contributed by atoms with Crippen LogP contribution in [0, 0.1) is 17.0 Å². The van der Waals surface area contributed by atoms with Crippen molar-refractivity contribution in [2.45, 2.75) is 13.5 Å². The number of nitrogens with zero attached hydrogens (tertiary/aromatic N) is 1. The smallest absolute Gasteiger partial charge is 0.291 e. The minimum absolute atomic E-state index is 0.141. The van der Waals surface area contributed by atoms with Crippen LogP contribution in [0.2, 0.25) is 0 Å². The molecular weight excluding hydrogens is 174 g/mol. The number of aliphatic hydroxyl groups is 1. The number of aliphatic hydroxyl groups excluding tert-OH is 1. The molecule has 5 nitrogen and oxygen atoms in total. The summed E-state index contributed by atoms with van der Waals surface area (Å²) < 4.78 is 0. The second-order valence-electron chi connectivity index (χ2n) is 2.39. The Morgan fingerprint density at radius 2 is 2.08 bits per heavy atom. The van der Waals surface area contributed by atoms with E-state index >= 15 is 0 Å². The molecular formula is C8H11NO4. The summed E-state index contributed by atoms with van der Waals surface area (Å²) in [4.78, 5) is 8.36.